The van der Waals surface area contributed by atoms with Gasteiger partial charge >= 0.3 is 6.18 Å². The summed E-state index contributed by atoms with van der Waals surface area (Å²) in [5.74, 6) is 0.651. The molecular formula is C28H26F3N5O. The second-order valence-corrected chi connectivity index (χ2v) is 9.84. The minimum Gasteiger partial charge on any atom is -0.331 e. The molecule has 2 aromatic carbocycles. The Hall–Kier alpha value is -3.88. The molecule has 0 N–H and O–H groups in total. The lowest BCUT2D eigenvalue weighted by atomic mass is 9.87. The first-order chi connectivity index (χ1) is 17.7. The van der Waals surface area contributed by atoms with Crippen LogP contribution in [0.5, 0.6) is 0 Å². The number of benzene rings is 2. The Morgan fingerprint density at radius 1 is 1.08 bits per heavy atom. The Labute approximate surface area is 212 Å². The maximum atomic E-state index is 14.0. The van der Waals surface area contributed by atoms with Crippen LogP contribution in [0.15, 0.2) is 55.0 Å². The molecule has 9 heteroatoms. The van der Waals surface area contributed by atoms with Crippen LogP contribution in [0.4, 0.5) is 13.2 Å². The minimum atomic E-state index is -4.61. The molecule has 0 saturated carbocycles. The van der Waals surface area contributed by atoms with Crippen molar-refractivity contribution in [3.63, 3.8) is 0 Å². The number of hydrogen-bond acceptors (Lipinski definition) is 3. The summed E-state index contributed by atoms with van der Waals surface area (Å²) in [6, 6.07) is 11.8. The normalized spacial score (nSPS) is 17.3. The average molecular weight is 506 g/mol. The summed E-state index contributed by atoms with van der Waals surface area (Å²) in [6.07, 6.45) is 2.53. The van der Waals surface area contributed by atoms with E-state index in [1.54, 1.807) is 12.3 Å². The SMILES string of the molecule is Cc1nccn1Cc1cc2c(c(-c3cn(C)nc3C(F)(F)F)c1)CCN([C@H]1CCc3ccccc31)C2=O. The number of hydrogen-bond donors (Lipinski definition) is 0. The van der Waals surface area contributed by atoms with Crippen molar-refractivity contribution in [3.05, 3.63) is 94.3 Å². The van der Waals surface area contributed by atoms with Gasteiger partial charge in [0.15, 0.2) is 5.69 Å². The van der Waals surface area contributed by atoms with E-state index in [2.05, 4.69) is 22.2 Å². The van der Waals surface area contributed by atoms with E-state index in [1.165, 1.54) is 23.5 Å². The summed E-state index contributed by atoms with van der Waals surface area (Å²) < 4.78 is 45.0. The first kappa shape index (κ1) is 23.5. The van der Waals surface area contributed by atoms with Crippen molar-refractivity contribution in [1.82, 2.24) is 24.2 Å². The number of nitrogens with zero attached hydrogens (tertiary/aromatic N) is 5. The summed E-state index contributed by atoms with van der Waals surface area (Å²) >= 11 is 0. The van der Waals surface area contributed by atoms with Gasteiger partial charge < -0.3 is 9.47 Å². The monoisotopic (exact) mass is 505 g/mol. The lowest BCUT2D eigenvalue weighted by Crippen LogP contribution is -2.40. The zero-order valence-corrected chi connectivity index (χ0v) is 20.6. The summed E-state index contributed by atoms with van der Waals surface area (Å²) in [6.45, 7) is 2.72. The molecule has 37 heavy (non-hydrogen) atoms. The first-order valence-corrected chi connectivity index (χ1v) is 12.3. The second-order valence-electron chi connectivity index (χ2n) is 9.84. The van der Waals surface area contributed by atoms with Crippen LogP contribution < -0.4 is 0 Å². The smallest absolute Gasteiger partial charge is 0.331 e. The van der Waals surface area contributed by atoms with Crippen molar-refractivity contribution in [1.29, 1.82) is 0 Å². The first-order valence-electron chi connectivity index (χ1n) is 12.3. The molecule has 2 aliphatic rings. The van der Waals surface area contributed by atoms with E-state index in [-0.39, 0.29) is 17.5 Å². The van der Waals surface area contributed by atoms with E-state index in [1.807, 2.05) is 40.8 Å². The Balaban J connectivity index is 1.48. The van der Waals surface area contributed by atoms with Gasteiger partial charge in [0.25, 0.3) is 5.91 Å². The molecule has 0 radical (unpaired) electrons. The molecule has 6 nitrogen and oxygen atoms in total. The number of fused-ring (bicyclic) bond motifs is 2. The number of carbonyl (C=O) groups is 1. The van der Waals surface area contributed by atoms with Crippen molar-refractivity contribution in [2.45, 2.75) is 44.9 Å². The van der Waals surface area contributed by atoms with Gasteiger partial charge in [-0.1, -0.05) is 24.3 Å². The van der Waals surface area contributed by atoms with Gasteiger partial charge in [0, 0.05) is 49.9 Å². The van der Waals surface area contributed by atoms with Crippen LogP contribution >= 0.6 is 0 Å². The standard InChI is InChI=1S/C28H26F3N5O/c1-17-32-10-12-35(17)15-18-13-22(24-16-34(2)33-26(24)28(29,30)31)21-9-11-36(27(37)23(21)14-18)25-8-7-19-5-3-4-6-20(19)25/h3-6,10,12-14,16,25H,7-9,11,15H2,1-2H3/t25-/m0/s1. The number of aromatic nitrogens is 4. The van der Waals surface area contributed by atoms with Crippen molar-refractivity contribution in [3.8, 4) is 11.1 Å². The van der Waals surface area contributed by atoms with E-state index in [0.29, 0.717) is 36.2 Å². The summed E-state index contributed by atoms with van der Waals surface area (Å²) in [4.78, 5) is 20.1. The predicted octanol–water partition coefficient (Wildman–Crippen LogP) is 5.34. The van der Waals surface area contributed by atoms with E-state index >= 15 is 0 Å². The molecule has 190 valence electrons. The van der Waals surface area contributed by atoms with E-state index in [0.717, 1.165) is 29.8 Å². The molecule has 1 aliphatic heterocycles. The van der Waals surface area contributed by atoms with Gasteiger partial charge in [-0.05, 0) is 66.1 Å². The fourth-order valence-electron chi connectivity index (χ4n) is 5.83. The number of halogens is 3. The summed E-state index contributed by atoms with van der Waals surface area (Å²) in [5.41, 5.74) is 3.77. The van der Waals surface area contributed by atoms with Gasteiger partial charge in [-0.2, -0.15) is 18.3 Å². The molecule has 1 amide bonds. The molecule has 0 bridgehead atoms. The Morgan fingerprint density at radius 3 is 2.62 bits per heavy atom. The number of rotatable bonds is 4. The highest BCUT2D eigenvalue weighted by atomic mass is 19.4. The summed E-state index contributed by atoms with van der Waals surface area (Å²) in [7, 11) is 1.48. The Bertz CT molecular complexity index is 1520. The molecule has 0 unspecified atom stereocenters. The van der Waals surface area contributed by atoms with E-state index in [9.17, 15) is 18.0 Å². The number of imidazole rings is 1. The Kier molecular flexibility index (Phi) is 5.47. The molecule has 0 spiro atoms. The van der Waals surface area contributed by atoms with Crippen LogP contribution in [0.1, 0.15) is 56.6 Å². The Morgan fingerprint density at radius 2 is 1.86 bits per heavy atom. The highest BCUT2D eigenvalue weighted by molar-refractivity contribution is 5.99. The van der Waals surface area contributed by atoms with Gasteiger partial charge in [0.2, 0.25) is 0 Å². The van der Waals surface area contributed by atoms with Crippen LogP contribution in [-0.2, 0) is 32.6 Å². The van der Waals surface area contributed by atoms with Crippen molar-refractivity contribution >= 4 is 5.91 Å². The number of carbonyl (C=O) groups excluding carboxylic acids is 1. The maximum Gasteiger partial charge on any atom is 0.435 e. The maximum absolute atomic E-state index is 14.0. The molecule has 1 atom stereocenters. The second kappa shape index (κ2) is 8.61. The van der Waals surface area contributed by atoms with E-state index < -0.39 is 11.9 Å². The van der Waals surface area contributed by atoms with Crippen molar-refractivity contribution in [2.24, 2.45) is 7.05 Å². The average Bonchev–Trinajstić information content (AvgIpc) is 3.58. The van der Waals surface area contributed by atoms with Crippen LogP contribution in [0, 0.1) is 6.92 Å². The molecule has 0 fully saturated rings. The minimum absolute atomic E-state index is 0.00270. The molecule has 4 aromatic rings. The quantitative estimate of drug-likeness (QED) is 0.376. The highest BCUT2D eigenvalue weighted by Gasteiger charge is 2.40. The van der Waals surface area contributed by atoms with Gasteiger partial charge in [0.1, 0.15) is 5.82 Å². The van der Waals surface area contributed by atoms with Crippen molar-refractivity contribution in [2.75, 3.05) is 6.54 Å². The summed E-state index contributed by atoms with van der Waals surface area (Å²) in [5, 5.41) is 3.73. The largest absolute Gasteiger partial charge is 0.435 e. The van der Waals surface area contributed by atoms with Crippen LogP contribution in [-0.4, -0.2) is 36.7 Å². The van der Waals surface area contributed by atoms with Gasteiger partial charge in [-0.3, -0.25) is 9.48 Å². The third-order valence-corrected chi connectivity index (χ3v) is 7.55. The molecule has 1 aliphatic carbocycles. The number of amides is 1. The van der Waals surface area contributed by atoms with Crippen LogP contribution in [0.25, 0.3) is 11.1 Å². The van der Waals surface area contributed by atoms with Gasteiger partial charge in [-0.25, -0.2) is 4.98 Å². The highest BCUT2D eigenvalue weighted by Crippen LogP contribution is 2.42. The predicted molar refractivity (Wildman–Crippen MR) is 132 cm³/mol. The molecule has 6 rings (SSSR count). The topological polar surface area (TPSA) is 56.0 Å². The van der Waals surface area contributed by atoms with Crippen LogP contribution in [0.3, 0.4) is 0 Å². The molecule has 2 aromatic heterocycles. The lowest BCUT2D eigenvalue weighted by Gasteiger charge is -2.35. The van der Waals surface area contributed by atoms with Gasteiger partial charge in [-0.15, -0.1) is 0 Å². The molecular weight excluding hydrogens is 479 g/mol. The fraction of sp³-hybridized carbons (Fsp3) is 0.321. The third-order valence-electron chi connectivity index (χ3n) is 7.55. The van der Waals surface area contributed by atoms with Gasteiger partial charge in [0.05, 0.1) is 6.04 Å². The lowest BCUT2D eigenvalue weighted by molar-refractivity contribution is -0.140. The molecule has 3 heterocycles. The van der Waals surface area contributed by atoms with E-state index in [4.69, 9.17) is 0 Å². The number of alkyl halides is 3. The van der Waals surface area contributed by atoms with Crippen LogP contribution in [0.2, 0.25) is 0 Å². The zero-order valence-electron chi connectivity index (χ0n) is 20.6. The van der Waals surface area contributed by atoms with Crippen molar-refractivity contribution < 1.29 is 18.0 Å². The number of aryl methyl sites for hydroxylation is 3. The zero-order chi connectivity index (χ0) is 25.9. The fourth-order valence-corrected chi connectivity index (χ4v) is 5.83. The molecule has 0 saturated heterocycles. The third kappa shape index (κ3) is 4.02.